The Morgan fingerprint density at radius 1 is 0.895 bits per heavy atom. The Balaban J connectivity index is 2.51. The lowest BCUT2D eigenvalue weighted by molar-refractivity contribution is 0.475. The van der Waals surface area contributed by atoms with Gasteiger partial charge in [-0.05, 0) is 49.6 Å². The fourth-order valence-corrected chi connectivity index (χ4v) is 2.44. The van der Waals surface area contributed by atoms with Crippen LogP contribution < -0.4 is 10.5 Å². The van der Waals surface area contributed by atoms with Crippen molar-refractivity contribution in [3.05, 3.63) is 51.0 Å². The van der Waals surface area contributed by atoms with Crippen molar-refractivity contribution in [1.29, 1.82) is 0 Å². The molecule has 2 rings (SSSR count). The molecule has 2 N–H and O–H groups in total. The molecule has 0 radical (unpaired) electrons. The first-order valence-electron chi connectivity index (χ1n) is 5.89. The number of ether oxygens (including phenoxy) is 1. The summed E-state index contributed by atoms with van der Waals surface area (Å²) in [5.74, 6) is 1.22. The zero-order chi connectivity index (χ0) is 14.2. The van der Waals surface area contributed by atoms with E-state index in [9.17, 15) is 0 Å². The van der Waals surface area contributed by atoms with Crippen molar-refractivity contribution in [2.75, 3.05) is 5.73 Å². The number of hydrogen-bond donors (Lipinski definition) is 1. The van der Waals surface area contributed by atoms with Crippen molar-refractivity contribution in [2.45, 2.75) is 20.8 Å². The lowest BCUT2D eigenvalue weighted by atomic mass is 10.1. The van der Waals surface area contributed by atoms with E-state index in [4.69, 9.17) is 33.7 Å². The van der Waals surface area contributed by atoms with Gasteiger partial charge in [-0.1, -0.05) is 35.3 Å². The molecule has 0 aliphatic carbocycles. The number of rotatable bonds is 2. The molecule has 100 valence electrons. The highest BCUT2D eigenvalue weighted by Gasteiger charge is 2.13. The molecule has 0 unspecified atom stereocenters. The minimum Gasteiger partial charge on any atom is -0.454 e. The monoisotopic (exact) mass is 295 g/mol. The topological polar surface area (TPSA) is 35.2 Å². The number of nitrogen functional groups attached to an aromatic ring is 1. The molecule has 0 saturated heterocycles. The van der Waals surface area contributed by atoms with Crippen LogP contribution in [0.3, 0.4) is 0 Å². The molecule has 19 heavy (non-hydrogen) atoms. The Labute approximate surface area is 123 Å². The van der Waals surface area contributed by atoms with Gasteiger partial charge in [0, 0.05) is 5.69 Å². The number of anilines is 1. The normalized spacial score (nSPS) is 10.6. The molecule has 0 amide bonds. The van der Waals surface area contributed by atoms with E-state index in [-0.39, 0.29) is 0 Å². The lowest BCUT2D eigenvalue weighted by Crippen LogP contribution is -1.95. The minimum absolute atomic E-state index is 0.408. The maximum atomic E-state index is 6.14. The van der Waals surface area contributed by atoms with Gasteiger partial charge in [0.25, 0.3) is 0 Å². The van der Waals surface area contributed by atoms with Gasteiger partial charge < -0.3 is 10.5 Å². The van der Waals surface area contributed by atoms with E-state index in [1.165, 1.54) is 0 Å². The zero-order valence-electron chi connectivity index (χ0n) is 11.1. The number of hydrogen-bond acceptors (Lipinski definition) is 2. The molecule has 0 aliphatic rings. The van der Waals surface area contributed by atoms with Crippen LogP contribution in [-0.4, -0.2) is 0 Å². The molecule has 0 heterocycles. The van der Waals surface area contributed by atoms with Crippen molar-refractivity contribution >= 4 is 28.9 Å². The van der Waals surface area contributed by atoms with Gasteiger partial charge in [-0.15, -0.1) is 0 Å². The summed E-state index contributed by atoms with van der Waals surface area (Å²) in [5, 5.41) is 0.815. The molecule has 2 aromatic rings. The number of nitrogens with two attached hydrogens (primary N) is 1. The van der Waals surface area contributed by atoms with Crippen LogP contribution in [0.2, 0.25) is 10.0 Å². The fourth-order valence-electron chi connectivity index (χ4n) is 1.86. The maximum absolute atomic E-state index is 6.14. The van der Waals surface area contributed by atoms with E-state index in [1.54, 1.807) is 12.1 Å². The van der Waals surface area contributed by atoms with Gasteiger partial charge in [-0.3, -0.25) is 0 Å². The number of aryl methyl sites for hydroxylation is 2. The summed E-state index contributed by atoms with van der Waals surface area (Å²) >= 11 is 12.3. The molecule has 4 heteroatoms. The molecule has 0 saturated carbocycles. The van der Waals surface area contributed by atoms with Crippen molar-refractivity contribution in [3.63, 3.8) is 0 Å². The summed E-state index contributed by atoms with van der Waals surface area (Å²) in [4.78, 5) is 0. The van der Waals surface area contributed by atoms with E-state index >= 15 is 0 Å². The third kappa shape index (κ3) is 2.80. The Kier molecular flexibility index (Phi) is 3.93. The SMILES string of the molecule is Cc1ccc(C)c(Oc2c(Cl)cc(N)cc2Cl)c1C. The predicted octanol–water partition coefficient (Wildman–Crippen LogP) is 5.29. The van der Waals surface area contributed by atoms with Crippen LogP contribution in [0, 0.1) is 20.8 Å². The van der Waals surface area contributed by atoms with Crippen molar-refractivity contribution in [3.8, 4) is 11.5 Å². The second-order valence-corrected chi connectivity index (χ2v) is 5.38. The number of halogens is 2. The quantitative estimate of drug-likeness (QED) is 0.764. The standard InChI is InChI=1S/C15H15Cl2NO/c1-8-4-5-9(2)14(10(8)3)19-15-12(16)6-11(18)7-13(15)17/h4-7H,18H2,1-3H3. The lowest BCUT2D eigenvalue weighted by Gasteiger charge is -2.15. The van der Waals surface area contributed by atoms with Gasteiger partial charge in [0.05, 0.1) is 10.0 Å². The Morgan fingerprint density at radius 3 is 2.00 bits per heavy atom. The smallest absolute Gasteiger partial charge is 0.164 e. The first kappa shape index (κ1) is 14.0. The average Bonchev–Trinajstić information content (AvgIpc) is 2.32. The third-order valence-corrected chi connectivity index (χ3v) is 3.66. The van der Waals surface area contributed by atoms with E-state index in [0.717, 1.165) is 22.4 Å². The molecule has 0 aromatic heterocycles. The predicted molar refractivity (Wildman–Crippen MR) is 81.6 cm³/mol. The average molecular weight is 296 g/mol. The second-order valence-electron chi connectivity index (χ2n) is 4.57. The highest BCUT2D eigenvalue weighted by molar-refractivity contribution is 6.37. The summed E-state index contributed by atoms with van der Waals surface area (Å²) in [6, 6.07) is 7.33. The van der Waals surface area contributed by atoms with E-state index in [2.05, 4.69) is 6.07 Å². The summed E-state index contributed by atoms with van der Waals surface area (Å²) < 4.78 is 5.92. The second kappa shape index (κ2) is 5.32. The molecular weight excluding hydrogens is 281 g/mol. The van der Waals surface area contributed by atoms with Crippen molar-refractivity contribution < 1.29 is 4.74 Å². The van der Waals surface area contributed by atoms with Crippen LogP contribution in [0.15, 0.2) is 24.3 Å². The van der Waals surface area contributed by atoms with Crippen LogP contribution in [0.25, 0.3) is 0 Å². The van der Waals surface area contributed by atoms with Crippen LogP contribution >= 0.6 is 23.2 Å². The largest absolute Gasteiger partial charge is 0.454 e. The zero-order valence-corrected chi connectivity index (χ0v) is 12.6. The van der Waals surface area contributed by atoms with Gasteiger partial charge in [0.1, 0.15) is 5.75 Å². The molecule has 2 nitrogen and oxygen atoms in total. The van der Waals surface area contributed by atoms with E-state index in [0.29, 0.717) is 21.5 Å². The first-order chi connectivity index (χ1) is 8.90. The molecule has 2 aromatic carbocycles. The molecular formula is C15H15Cl2NO. The highest BCUT2D eigenvalue weighted by atomic mass is 35.5. The Hall–Kier alpha value is -1.38. The van der Waals surface area contributed by atoms with Gasteiger partial charge in [-0.25, -0.2) is 0 Å². The van der Waals surface area contributed by atoms with Gasteiger partial charge in [0.2, 0.25) is 0 Å². The fraction of sp³-hybridized carbons (Fsp3) is 0.200. The minimum atomic E-state index is 0.408. The van der Waals surface area contributed by atoms with Gasteiger partial charge in [-0.2, -0.15) is 0 Å². The first-order valence-corrected chi connectivity index (χ1v) is 6.65. The van der Waals surface area contributed by atoms with Crippen molar-refractivity contribution in [2.24, 2.45) is 0 Å². The van der Waals surface area contributed by atoms with E-state index in [1.807, 2.05) is 26.8 Å². The summed E-state index contributed by atoms with van der Waals surface area (Å²) in [7, 11) is 0. The van der Waals surface area contributed by atoms with Gasteiger partial charge >= 0.3 is 0 Å². The van der Waals surface area contributed by atoms with Crippen LogP contribution in [0.5, 0.6) is 11.5 Å². The Morgan fingerprint density at radius 2 is 1.42 bits per heavy atom. The summed E-state index contributed by atoms with van der Waals surface area (Å²) in [5.41, 5.74) is 9.46. The van der Waals surface area contributed by atoms with E-state index < -0.39 is 0 Å². The summed E-state index contributed by atoms with van der Waals surface area (Å²) in [6.07, 6.45) is 0. The molecule has 0 bridgehead atoms. The number of benzene rings is 2. The molecule has 0 atom stereocenters. The van der Waals surface area contributed by atoms with Crippen LogP contribution in [0.4, 0.5) is 5.69 Å². The highest BCUT2D eigenvalue weighted by Crippen LogP contribution is 2.40. The molecule has 0 aliphatic heterocycles. The van der Waals surface area contributed by atoms with Gasteiger partial charge in [0.15, 0.2) is 5.75 Å². The third-order valence-electron chi connectivity index (χ3n) is 3.10. The van der Waals surface area contributed by atoms with Crippen LogP contribution in [0.1, 0.15) is 16.7 Å². The molecule has 0 fully saturated rings. The maximum Gasteiger partial charge on any atom is 0.164 e. The Bertz CT molecular complexity index is 615. The van der Waals surface area contributed by atoms with Crippen molar-refractivity contribution in [1.82, 2.24) is 0 Å². The molecule has 0 spiro atoms. The summed E-state index contributed by atoms with van der Waals surface area (Å²) in [6.45, 7) is 6.03. The van der Waals surface area contributed by atoms with Crippen LogP contribution in [-0.2, 0) is 0 Å².